The van der Waals surface area contributed by atoms with E-state index in [-0.39, 0.29) is 0 Å². The van der Waals surface area contributed by atoms with Crippen molar-refractivity contribution in [1.82, 2.24) is 10.3 Å². The Balaban J connectivity index is 1.62. The molecule has 22 heavy (non-hydrogen) atoms. The summed E-state index contributed by atoms with van der Waals surface area (Å²) in [4.78, 5) is 3.55. The normalized spacial score (nSPS) is 22.8. The van der Waals surface area contributed by atoms with Crippen LogP contribution in [0.15, 0.2) is 24.3 Å². The molecule has 118 valence electrons. The molecule has 3 N–H and O–H groups in total. The highest BCUT2D eigenvalue weighted by atomic mass is 32.2. The molecular weight excluding hydrogens is 292 g/mol. The average Bonchev–Trinajstić information content (AvgIpc) is 3.22. The van der Waals surface area contributed by atoms with Crippen molar-refractivity contribution in [3.05, 3.63) is 35.5 Å². The zero-order valence-corrected chi connectivity index (χ0v) is 13.9. The molecule has 0 amide bonds. The third kappa shape index (κ3) is 2.80. The van der Waals surface area contributed by atoms with E-state index in [1.54, 1.807) is 0 Å². The van der Waals surface area contributed by atoms with E-state index >= 15 is 0 Å². The average molecular weight is 316 g/mol. The standard InChI is InChI=1S/C18H24N2OS/c1-12(19-15-4-5-15)16-10-13-2-3-14(11-17(13)20-16)18(21)6-8-22-9-7-18/h2-3,10-12,15,19-21H,4-9H2,1H3. The first-order chi connectivity index (χ1) is 10.6. The number of H-pyrrole nitrogens is 1. The van der Waals surface area contributed by atoms with Crippen molar-refractivity contribution in [3.63, 3.8) is 0 Å². The van der Waals surface area contributed by atoms with Gasteiger partial charge in [-0.05, 0) is 67.2 Å². The van der Waals surface area contributed by atoms with Gasteiger partial charge in [0.2, 0.25) is 0 Å². The monoisotopic (exact) mass is 316 g/mol. The SMILES string of the molecule is CC(NC1CC1)c1cc2ccc(C3(O)CCSCC3)cc2[nH]1. The highest BCUT2D eigenvalue weighted by Gasteiger charge is 2.31. The summed E-state index contributed by atoms with van der Waals surface area (Å²) in [6, 6.07) is 9.71. The minimum absolute atomic E-state index is 0.359. The Morgan fingerprint density at radius 2 is 2.05 bits per heavy atom. The predicted molar refractivity (Wildman–Crippen MR) is 93.3 cm³/mol. The van der Waals surface area contributed by atoms with E-state index in [4.69, 9.17) is 0 Å². The van der Waals surface area contributed by atoms with Crippen molar-refractivity contribution in [3.8, 4) is 0 Å². The van der Waals surface area contributed by atoms with Crippen LogP contribution in [-0.4, -0.2) is 27.6 Å². The molecule has 1 aliphatic carbocycles. The van der Waals surface area contributed by atoms with Crippen LogP contribution in [0.2, 0.25) is 0 Å². The number of fused-ring (bicyclic) bond motifs is 1. The molecule has 1 saturated carbocycles. The number of hydrogen-bond donors (Lipinski definition) is 3. The van der Waals surface area contributed by atoms with Gasteiger partial charge in [-0.3, -0.25) is 0 Å². The van der Waals surface area contributed by atoms with E-state index in [2.05, 4.69) is 41.5 Å². The van der Waals surface area contributed by atoms with E-state index in [1.807, 2.05) is 11.8 Å². The second-order valence-electron chi connectivity index (χ2n) is 6.83. The van der Waals surface area contributed by atoms with E-state index in [9.17, 15) is 5.11 Å². The van der Waals surface area contributed by atoms with Gasteiger partial charge >= 0.3 is 0 Å². The Labute approximate surface area is 135 Å². The van der Waals surface area contributed by atoms with Crippen LogP contribution in [0.4, 0.5) is 0 Å². The number of benzene rings is 1. The van der Waals surface area contributed by atoms with E-state index in [0.717, 1.165) is 35.4 Å². The minimum atomic E-state index is -0.636. The summed E-state index contributed by atoms with van der Waals surface area (Å²) in [5.41, 5.74) is 2.81. The number of aliphatic hydroxyl groups is 1. The summed E-state index contributed by atoms with van der Waals surface area (Å²) < 4.78 is 0. The first kappa shape index (κ1) is 14.6. The van der Waals surface area contributed by atoms with E-state index in [1.165, 1.54) is 23.9 Å². The van der Waals surface area contributed by atoms with Gasteiger partial charge in [-0.15, -0.1) is 0 Å². The molecular formula is C18H24N2OS. The minimum Gasteiger partial charge on any atom is -0.385 e. The molecule has 2 heterocycles. The van der Waals surface area contributed by atoms with Crippen LogP contribution in [0, 0.1) is 0 Å². The third-order valence-electron chi connectivity index (χ3n) is 5.03. The molecule has 4 heteroatoms. The fraction of sp³-hybridized carbons (Fsp3) is 0.556. The molecule has 0 spiro atoms. The molecule has 3 nitrogen and oxygen atoms in total. The highest BCUT2D eigenvalue weighted by molar-refractivity contribution is 7.99. The van der Waals surface area contributed by atoms with Gasteiger partial charge in [-0.2, -0.15) is 11.8 Å². The maximum atomic E-state index is 10.9. The lowest BCUT2D eigenvalue weighted by Gasteiger charge is -2.32. The fourth-order valence-corrected chi connectivity index (χ4v) is 4.53. The summed E-state index contributed by atoms with van der Waals surface area (Å²) in [5.74, 6) is 2.10. The van der Waals surface area contributed by atoms with E-state index < -0.39 is 5.60 Å². The van der Waals surface area contributed by atoms with E-state index in [0.29, 0.717) is 12.1 Å². The molecule has 1 aromatic carbocycles. The summed E-state index contributed by atoms with van der Waals surface area (Å²) >= 11 is 1.94. The van der Waals surface area contributed by atoms with Crippen molar-refractivity contribution < 1.29 is 5.11 Å². The van der Waals surface area contributed by atoms with Crippen LogP contribution in [0.5, 0.6) is 0 Å². The molecule has 1 aliphatic heterocycles. The quantitative estimate of drug-likeness (QED) is 0.806. The topological polar surface area (TPSA) is 48.0 Å². The molecule has 1 saturated heterocycles. The number of hydrogen-bond acceptors (Lipinski definition) is 3. The molecule has 2 aliphatic rings. The third-order valence-corrected chi connectivity index (χ3v) is 6.02. The maximum absolute atomic E-state index is 10.9. The van der Waals surface area contributed by atoms with Gasteiger partial charge in [0.15, 0.2) is 0 Å². The summed E-state index contributed by atoms with van der Waals surface area (Å²) in [7, 11) is 0. The van der Waals surface area contributed by atoms with Gasteiger partial charge in [0, 0.05) is 23.3 Å². The summed E-state index contributed by atoms with van der Waals surface area (Å²) in [6.45, 7) is 2.22. The maximum Gasteiger partial charge on any atom is 0.0913 e. The summed E-state index contributed by atoms with van der Waals surface area (Å²) in [5, 5.41) is 15.8. The van der Waals surface area contributed by atoms with Crippen LogP contribution < -0.4 is 5.32 Å². The fourth-order valence-electron chi connectivity index (χ4n) is 3.36. The lowest BCUT2D eigenvalue weighted by Crippen LogP contribution is -2.30. The predicted octanol–water partition coefficient (Wildman–Crippen LogP) is 3.70. The number of aromatic nitrogens is 1. The first-order valence-corrected chi connectivity index (χ1v) is 9.49. The molecule has 1 aromatic heterocycles. The van der Waals surface area contributed by atoms with Gasteiger partial charge in [0.1, 0.15) is 0 Å². The molecule has 1 atom stereocenters. The lowest BCUT2D eigenvalue weighted by atomic mass is 9.88. The van der Waals surface area contributed by atoms with Crippen molar-refractivity contribution >= 4 is 22.7 Å². The van der Waals surface area contributed by atoms with Gasteiger partial charge in [0.05, 0.1) is 5.60 Å². The second kappa shape index (κ2) is 5.59. The van der Waals surface area contributed by atoms with Crippen LogP contribution >= 0.6 is 11.8 Å². The van der Waals surface area contributed by atoms with Crippen molar-refractivity contribution in [2.24, 2.45) is 0 Å². The number of thioether (sulfide) groups is 1. The Kier molecular flexibility index (Phi) is 3.71. The van der Waals surface area contributed by atoms with Crippen LogP contribution in [0.3, 0.4) is 0 Å². The Morgan fingerprint density at radius 3 is 2.77 bits per heavy atom. The van der Waals surface area contributed by atoms with Crippen LogP contribution in [0.1, 0.15) is 49.9 Å². The molecule has 1 unspecified atom stereocenters. The number of nitrogens with one attached hydrogen (secondary N) is 2. The van der Waals surface area contributed by atoms with Gasteiger partial charge in [-0.25, -0.2) is 0 Å². The van der Waals surface area contributed by atoms with Gasteiger partial charge in [-0.1, -0.05) is 12.1 Å². The Bertz CT molecular complexity index is 671. The molecule has 2 fully saturated rings. The van der Waals surface area contributed by atoms with Crippen LogP contribution in [0.25, 0.3) is 10.9 Å². The summed E-state index contributed by atoms with van der Waals surface area (Å²) in [6.07, 6.45) is 4.33. The highest BCUT2D eigenvalue weighted by Crippen LogP contribution is 2.37. The first-order valence-electron chi connectivity index (χ1n) is 8.33. The van der Waals surface area contributed by atoms with Gasteiger partial charge in [0.25, 0.3) is 0 Å². The smallest absolute Gasteiger partial charge is 0.0913 e. The molecule has 4 rings (SSSR count). The Hall–Kier alpha value is -0.970. The van der Waals surface area contributed by atoms with Crippen molar-refractivity contribution in [1.29, 1.82) is 0 Å². The van der Waals surface area contributed by atoms with Crippen molar-refractivity contribution in [2.45, 2.75) is 50.3 Å². The largest absolute Gasteiger partial charge is 0.385 e. The number of aromatic amines is 1. The lowest BCUT2D eigenvalue weighted by molar-refractivity contribution is 0.0282. The van der Waals surface area contributed by atoms with Gasteiger partial charge < -0.3 is 15.4 Å². The number of rotatable bonds is 4. The second-order valence-corrected chi connectivity index (χ2v) is 8.06. The Morgan fingerprint density at radius 1 is 1.27 bits per heavy atom. The zero-order chi connectivity index (χ0) is 15.2. The molecule has 0 radical (unpaired) electrons. The molecule has 0 bridgehead atoms. The molecule has 2 aromatic rings. The zero-order valence-electron chi connectivity index (χ0n) is 13.1. The van der Waals surface area contributed by atoms with Crippen molar-refractivity contribution in [2.75, 3.05) is 11.5 Å². The van der Waals surface area contributed by atoms with Crippen LogP contribution in [-0.2, 0) is 5.60 Å².